The summed E-state index contributed by atoms with van der Waals surface area (Å²) in [6.45, 7) is 3.85. The molecule has 1 heterocycles. The Balaban J connectivity index is 0.00000162. The fourth-order valence-corrected chi connectivity index (χ4v) is 2.27. The van der Waals surface area contributed by atoms with Gasteiger partial charge in [0.25, 0.3) is 0 Å². The lowest BCUT2D eigenvalue weighted by Gasteiger charge is -2.27. The highest BCUT2D eigenvalue weighted by Crippen LogP contribution is 2.28. The average molecular weight is 306 g/mol. The lowest BCUT2D eigenvalue weighted by molar-refractivity contribution is -0.119. The predicted octanol–water partition coefficient (Wildman–Crippen LogP) is 1.36. The maximum absolute atomic E-state index is 11.1. The maximum atomic E-state index is 11.1. The van der Waals surface area contributed by atoms with Gasteiger partial charge in [-0.15, -0.1) is 24.8 Å². The fraction of sp³-hybridized carbons (Fsp3) is 0.462. The number of carbonyl (C=O) groups is 1. The van der Waals surface area contributed by atoms with Gasteiger partial charge in [0.2, 0.25) is 5.91 Å². The second kappa shape index (κ2) is 8.25. The Labute approximate surface area is 126 Å². The van der Waals surface area contributed by atoms with Crippen molar-refractivity contribution in [3.05, 3.63) is 29.8 Å². The second-order valence-corrected chi connectivity index (χ2v) is 4.43. The Morgan fingerprint density at radius 3 is 2.79 bits per heavy atom. The normalized spacial score (nSPS) is 13.9. The van der Waals surface area contributed by atoms with E-state index in [1.54, 1.807) is 0 Å². The summed E-state index contributed by atoms with van der Waals surface area (Å²) in [7, 11) is 0. The first-order valence-electron chi connectivity index (χ1n) is 6.03. The molecule has 0 aliphatic carbocycles. The summed E-state index contributed by atoms with van der Waals surface area (Å²) >= 11 is 0. The summed E-state index contributed by atoms with van der Waals surface area (Å²) in [6.07, 6.45) is 1.09. The van der Waals surface area contributed by atoms with Crippen molar-refractivity contribution in [2.24, 2.45) is 5.73 Å². The molecule has 0 fully saturated rings. The molecule has 0 saturated heterocycles. The van der Waals surface area contributed by atoms with E-state index in [0.29, 0.717) is 12.6 Å². The average Bonchev–Trinajstić information content (AvgIpc) is 2.79. The van der Waals surface area contributed by atoms with Gasteiger partial charge in [0.1, 0.15) is 0 Å². The third kappa shape index (κ3) is 4.27. The number of rotatable bonds is 4. The van der Waals surface area contributed by atoms with Gasteiger partial charge >= 0.3 is 0 Å². The van der Waals surface area contributed by atoms with E-state index in [9.17, 15) is 4.79 Å². The molecule has 0 spiro atoms. The molecule has 1 aliphatic heterocycles. The molecule has 0 aromatic heterocycles. The Hall–Kier alpha value is -0.970. The number of carbonyl (C=O) groups excluding carboxylic acids is 1. The number of nitrogens with one attached hydrogen (secondary N) is 1. The second-order valence-electron chi connectivity index (χ2n) is 4.43. The SMILES string of the molecule is CC(CNC(=O)CN)N1CCc2ccccc21.Cl.Cl. The van der Waals surface area contributed by atoms with Gasteiger partial charge in [-0.3, -0.25) is 4.79 Å². The van der Waals surface area contributed by atoms with E-state index < -0.39 is 0 Å². The van der Waals surface area contributed by atoms with E-state index in [2.05, 4.69) is 41.4 Å². The molecule has 108 valence electrons. The zero-order valence-electron chi connectivity index (χ0n) is 11.0. The summed E-state index contributed by atoms with van der Waals surface area (Å²) in [6, 6.07) is 8.74. The minimum Gasteiger partial charge on any atom is -0.366 e. The van der Waals surface area contributed by atoms with Crippen LogP contribution in [-0.2, 0) is 11.2 Å². The molecule has 0 radical (unpaired) electrons. The summed E-state index contributed by atoms with van der Waals surface area (Å²) in [5, 5.41) is 2.83. The van der Waals surface area contributed by atoms with Crippen molar-refractivity contribution in [1.29, 1.82) is 0 Å². The Kier molecular flexibility index (Phi) is 7.83. The molecule has 1 aliphatic rings. The van der Waals surface area contributed by atoms with Crippen molar-refractivity contribution in [2.75, 3.05) is 24.5 Å². The van der Waals surface area contributed by atoms with Crippen LogP contribution >= 0.6 is 24.8 Å². The van der Waals surface area contributed by atoms with Gasteiger partial charge in [0, 0.05) is 24.8 Å². The van der Waals surface area contributed by atoms with E-state index in [-0.39, 0.29) is 37.3 Å². The van der Waals surface area contributed by atoms with Gasteiger partial charge < -0.3 is 16.0 Å². The predicted molar refractivity (Wildman–Crippen MR) is 83.5 cm³/mol. The van der Waals surface area contributed by atoms with Crippen LogP contribution in [0.1, 0.15) is 12.5 Å². The summed E-state index contributed by atoms with van der Waals surface area (Å²) in [5.41, 5.74) is 7.95. The zero-order valence-corrected chi connectivity index (χ0v) is 12.6. The summed E-state index contributed by atoms with van der Waals surface area (Å²) in [5.74, 6) is -0.0932. The molecule has 3 N–H and O–H groups in total. The third-order valence-electron chi connectivity index (χ3n) is 3.24. The van der Waals surface area contributed by atoms with E-state index in [4.69, 9.17) is 5.73 Å². The van der Waals surface area contributed by atoms with Gasteiger partial charge in [-0.1, -0.05) is 18.2 Å². The van der Waals surface area contributed by atoms with Gasteiger partial charge in [-0.2, -0.15) is 0 Å². The van der Waals surface area contributed by atoms with Gasteiger partial charge in [-0.25, -0.2) is 0 Å². The van der Waals surface area contributed by atoms with Crippen LogP contribution in [0.5, 0.6) is 0 Å². The first kappa shape index (κ1) is 18.0. The van der Waals surface area contributed by atoms with Gasteiger partial charge in [0.15, 0.2) is 0 Å². The molecule has 1 atom stereocenters. The number of para-hydroxylation sites is 1. The minimum absolute atomic E-state index is 0. The number of nitrogens with zero attached hydrogens (tertiary/aromatic N) is 1. The molecule has 2 rings (SSSR count). The quantitative estimate of drug-likeness (QED) is 0.883. The van der Waals surface area contributed by atoms with Gasteiger partial charge in [0.05, 0.1) is 6.54 Å². The molecule has 0 bridgehead atoms. The van der Waals surface area contributed by atoms with Crippen molar-refractivity contribution < 1.29 is 4.79 Å². The molecule has 1 unspecified atom stereocenters. The van der Waals surface area contributed by atoms with Crippen LogP contribution in [0.2, 0.25) is 0 Å². The van der Waals surface area contributed by atoms with Crippen molar-refractivity contribution in [1.82, 2.24) is 5.32 Å². The summed E-state index contributed by atoms with van der Waals surface area (Å²) in [4.78, 5) is 13.5. The molecule has 0 saturated carbocycles. The smallest absolute Gasteiger partial charge is 0.233 e. The molecule has 19 heavy (non-hydrogen) atoms. The van der Waals surface area contributed by atoms with Crippen LogP contribution in [0.4, 0.5) is 5.69 Å². The Morgan fingerprint density at radius 1 is 1.42 bits per heavy atom. The lowest BCUT2D eigenvalue weighted by atomic mass is 10.2. The number of fused-ring (bicyclic) bond motifs is 1. The van der Waals surface area contributed by atoms with E-state index in [1.165, 1.54) is 11.3 Å². The first-order chi connectivity index (χ1) is 8.22. The number of hydrogen-bond donors (Lipinski definition) is 2. The topological polar surface area (TPSA) is 58.4 Å². The molecule has 1 amide bonds. The highest BCUT2D eigenvalue weighted by Gasteiger charge is 2.22. The lowest BCUT2D eigenvalue weighted by Crippen LogP contribution is -2.43. The van der Waals surface area contributed by atoms with Crippen LogP contribution < -0.4 is 16.0 Å². The van der Waals surface area contributed by atoms with Crippen molar-refractivity contribution >= 4 is 36.4 Å². The number of nitrogens with two attached hydrogens (primary N) is 1. The van der Waals surface area contributed by atoms with E-state index >= 15 is 0 Å². The van der Waals surface area contributed by atoms with Crippen LogP contribution in [0.3, 0.4) is 0 Å². The third-order valence-corrected chi connectivity index (χ3v) is 3.24. The molecule has 1 aromatic rings. The number of amides is 1. The molecular formula is C13H21Cl2N3O. The van der Waals surface area contributed by atoms with E-state index in [0.717, 1.165) is 13.0 Å². The molecule has 6 heteroatoms. The molecule has 1 aromatic carbocycles. The largest absolute Gasteiger partial charge is 0.366 e. The fourth-order valence-electron chi connectivity index (χ4n) is 2.27. The van der Waals surface area contributed by atoms with Crippen LogP contribution in [-0.4, -0.2) is 31.6 Å². The van der Waals surface area contributed by atoms with Crippen LogP contribution in [0.15, 0.2) is 24.3 Å². The molecule has 4 nitrogen and oxygen atoms in total. The molecular weight excluding hydrogens is 285 g/mol. The van der Waals surface area contributed by atoms with Crippen molar-refractivity contribution in [3.8, 4) is 0 Å². The Morgan fingerprint density at radius 2 is 2.11 bits per heavy atom. The number of anilines is 1. The standard InChI is InChI=1S/C13H19N3O.2ClH/c1-10(9-15-13(17)8-14)16-7-6-11-4-2-3-5-12(11)16;;/h2-5,10H,6-9,14H2,1H3,(H,15,17);2*1H. The number of hydrogen-bond acceptors (Lipinski definition) is 3. The highest BCUT2D eigenvalue weighted by atomic mass is 35.5. The summed E-state index contributed by atoms with van der Waals surface area (Å²) < 4.78 is 0. The van der Waals surface area contributed by atoms with Gasteiger partial charge in [-0.05, 0) is 25.0 Å². The number of halogens is 2. The van der Waals surface area contributed by atoms with Crippen molar-refractivity contribution in [2.45, 2.75) is 19.4 Å². The zero-order chi connectivity index (χ0) is 12.3. The van der Waals surface area contributed by atoms with Crippen LogP contribution in [0.25, 0.3) is 0 Å². The Bertz CT molecular complexity index is 415. The number of benzene rings is 1. The monoisotopic (exact) mass is 305 g/mol. The first-order valence-corrected chi connectivity index (χ1v) is 6.03. The highest BCUT2D eigenvalue weighted by molar-refractivity contribution is 5.85. The van der Waals surface area contributed by atoms with Crippen molar-refractivity contribution in [3.63, 3.8) is 0 Å². The minimum atomic E-state index is -0.0932. The van der Waals surface area contributed by atoms with Crippen LogP contribution in [0, 0.1) is 0 Å². The maximum Gasteiger partial charge on any atom is 0.233 e. The van der Waals surface area contributed by atoms with E-state index in [1.807, 2.05) is 0 Å².